The van der Waals surface area contributed by atoms with Gasteiger partial charge in [-0.05, 0) is 180 Å². The van der Waals surface area contributed by atoms with E-state index in [1.165, 1.54) is 19.3 Å². The van der Waals surface area contributed by atoms with E-state index in [4.69, 9.17) is 37.0 Å². The summed E-state index contributed by atoms with van der Waals surface area (Å²) in [7, 11) is -10.0. The van der Waals surface area contributed by atoms with Gasteiger partial charge in [0.1, 0.15) is 19.3 Å². The van der Waals surface area contributed by atoms with Gasteiger partial charge in [0.05, 0.1) is 26.4 Å². The van der Waals surface area contributed by atoms with Crippen molar-refractivity contribution in [2.24, 2.45) is 0 Å². The van der Waals surface area contributed by atoms with Crippen molar-refractivity contribution in [1.82, 2.24) is 0 Å². The normalized spacial score (nSPS) is 14.9. The summed E-state index contributed by atoms with van der Waals surface area (Å²) in [5, 5.41) is 10.7. The Kier molecular flexibility index (Phi) is 76.0. The molecule has 0 heterocycles. The van der Waals surface area contributed by atoms with Crippen LogP contribution in [0.5, 0.6) is 0 Å². The van der Waals surface area contributed by atoms with Crippen LogP contribution < -0.4 is 0 Å². The Morgan fingerprint density at radius 2 is 0.491 bits per heavy atom. The minimum absolute atomic E-state index is 0.0172. The molecule has 0 aliphatic carbocycles. The molecule has 0 aromatic rings. The van der Waals surface area contributed by atoms with Gasteiger partial charge in [-0.3, -0.25) is 37.3 Å². The quantitative estimate of drug-likeness (QED) is 0.0169. The molecule has 19 heteroatoms. The first-order chi connectivity index (χ1) is 53.7. The van der Waals surface area contributed by atoms with Gasteiger partial charge in [0.2, 0.25) is 0 Å². The largest absolute Gasteiger partial charge is 0.472 e. The predicted octanol–water partition coefficient (Wildman–Crippen LogP) is 24.7. The number of hydrogen-bond acceptors (Lipinski definition) is 15. The number of esters is 4. The maximum absolute atomic E-state index is 13.1. The molecule has 110 heavy (non-hydrogen) atoms. The Bertz CT molecular complexity index is 2900. The fourth-order valence-electron chi connectivity index (χ4n) is 10.1. The third-order valence-corrected chi connectivity index (χ3v) is 18.1. The second-order valence-corrected chi connectivity index (χ2v) is 29.5. The highest BCUT2D eigenvalue weighted by Gasteiger charge is 2.30. The lowest BCUT2D eigenvalue weighted by molar-refractivity contribution is -0.161. The summed E-state index contributed by atoms with van der Waals surface area (Å²) in [6.45, 7) is 4.30. The minimum atomic E-state index is -5.02. The van der Waals surface area contributed by atoms with Crippen LogP contribution in [0.15, 0.2) is 207 Å². The van der Waals surface area contributed by atoms with Crippen molar-refractivity contribution in [3.8, 4) is 0 Å². The molecule has 5 atom stereocenters. The van der Waals surface area contributed by atoms with Gasteiger partial charge in [-0.1, -0.05) is 286 Å². The molecule has 620 valence electrons. The van der Waals surface area contributed by atoms with E-state index in [9.17, 15) is 43.2 Å². The maximum Gasteiger partial charge on any atom is 0.472 e. The number of phosphoric ester groups is 2. The topological polar surface area (TPSA) is 237 Å². The molecule has 0 aliphatic rings. The molecular weight excluding hydrogens is 1430 g/mol. The van der Waals surface area contributed by atoms with Gasteiger partial charge in [0, 0.05) is 25.7 Å². The highest BCUT2D eigenvalue weighted by Crippen LogP contribution is 2.45. The predicted molar refractivity (Wildman–Crippen MR) is 454 cm³/mol. The molecule has 0 saturated carbocycles. The van der Waals surface area contributed by atoms with Crippen molar-refractivity contribution in [1.29, 1.82) is 0 Å². The van der Waals surface area contributed by atoms with Crippen molar-refractivity contribution in [3.63, 3.8) is 0 Å². The number of aliphatic hydroxyl groups excluding tert-OH is 1. The second-order valence-electron chi connectivity index (χ2n) is 26.6. The maximum atomic E-state index is 13.1. The van der Waals surface area contributed by atoms with Crippen molar-refractivity contribution in [2.45, 2.75) is 303 Å². The van der Waals surface area contributed by atoms with Gasteiger partial charge in [-0.2, -0.15) is 0 Å². The third kappa shape index (κ3) is 79.7. The van der Waals surface area contributed by atoms with E-state index in [1.807, 2.05) is 24.3 Å². The molecule has 0 bridgehead atoms. The van der Waals surface area contributed by atoms with Gasteiger partial charge >= 0.3 is 39.5 Å². The number of unbranched alkanes of at least 4 members (excludes halogenated alkanes) is 15. The number of hydrogen-bond donors (Lipinski definition) is 3. The molecule has 5 unspecified atom stereocenters. The number of ether oxygens (including phenoxy) is 4. The van der Waals surface area contributed by atoms with Crippen LogP contribution in [0.1, 0.15) is 285 Å². The number of carbonyl (C=O) groups excluding carboxylic acids is 4. The molecule has 0 rings (SSSR count). The first-order valence-electron chi connectivity index (χ1n) is 41.3. The number of aliphatic hydroxyl groups is 1. The zero-order chi connectivity index (χ0) is 80.3. The lowest BCUT2D eigenvalue weighted by Gasteiger charge is -2.21. The molecule has 0 aromatic heterocycles. The van der Waals surface area contributed by atoms with Gasteiger partial charge in [0.25, 0.3) is 0 Å². The van der Waals surface area contributed by atoms with Crippen molar-refractivity contribution in [2.75, 3.05) is 39.6 Å². The molecule has 0 aliphatic heterocycles. The van der Waals surface area contributed by atoms with E-state index in [1.54, 1.807) is 0 Å². The van der Waals surface area contributed by atoms with Gasteiger partial charge in [-0.25, -0.2) is 9.13 Å². The summed E-state index contributed by atoms with van der Waals surface area (Å²) in [6.07, 6.45) is 101. The molecular formula is C91H144O17P2. The van der Waals surface area contributed by atoms with Gasteiger partial charge in [-0.15, -0.1) is 0 Å². The van der Waals surface area contributed by atoms with Crippen LogP contribution in [-0.2, 0) is 65.4 Å². The van der Waals surface area contributed by atoms with Gasteiger partial charge in [0.15, 0.2) is 12.2 Å². The van der Waals surface area contributed by atoms with Crippen molar-refractivity contribution < 1.29 is 80.2 Å². The first kappa shape index (κ1) is 104. The fourth-order valence-corrected chi connectivity index (χ4v) is 11.6. The summed E-state index contributed by atoms with van der Waals surface area (Å²) in [5.41, 5.74) is 0. The molecule has 3 N–H and O–H groups in total. The minimum Gasteiger partial charge on any atom is -0.462 e. The standard InChI is InChI=1S/C91H144O17P2/c1-5-9-13-17-21-25-29-33-37-40-42-45-48-51-55-59-63-67-71-75-88(93)101-81-86(107-90(95)77-73-69-65-61-57-53-47-36-32-28-24-20-16-12-8-4)83-105-109(97,98)103-79-85(92)80-104-110(99,100)106-84-87(108-91(96)78-74-70-66-62-58-54-50-44-39-35-31-27-23-19-15-11-7-3)82-102-89(94)76-72-68-64-60-56-52-49-46-43-41-38-34-30-26-22-18-14-10-6-2/h9,11-13,15-16,21-28,33-39,42-43,45-47,50-51,54-55,57,61,63,67,85-87,92H,5-8,10,14,17-20,29-32,40-41,44,48-49,52-53,56,58-60,62,64-66,68-84H2,1-4H3,(H,97,98)(H,99,100)/b13-9-,15-11-,16-12-,25-21-,26-22-,27-23-,28-24-,37-33-,38-34-,39-35-,45-42-,46-43-,47-36-,54-50-,55-51-,61-57-,67-63-. The molecule has 0 spiro atoms. The van der Waals surface area contributed by atoms with E-state index >= 15 is 0 Å². The Balaban J connectivity index is 5.53. The smallest absolute Gasteiger partial charge is 0.462 e. The highest BCUT2D eigenvalue weighted by atomic mass is 31.2. The van der Waals surface area contributed by atoms with E-state index < -0.39 is 97.5 Å². The van der Waals surface area contributed by atoms with E-state index in [2.05, 4.69) is 210 Å². The molecule has 0 saturated heterocycles. The average molecular weight is 1570 g/mol. The third-order valence-electron chi connectivity index (χ3n) is 16.2. The SMILES string of the molecule is CC/C=C\C/C=C\C/C=C\C/C=C\C/C=C\C/C=C\CCC(=O)OCC(COP(=O)(O)OCC(O)COP(=O)(O)OCC(COC(=O)CCCCCCCC/C=C\C/C=C\C/C=C\CCCCC)OC(=O)CCCCCC/C=C\C/C=C\C/C=C\C/C=C\CC)OC(=O)CCCC/C=C\C/C=C\C/C=C\C/C=C\CC. The number of rotatable bonds is 75. The summed E-state index contributed by atoms with van der Waals surface area (Å²) < 4.78 is 68.6. The summed E-state index contributed by atoms with van der Waals surface area (Å²) in [5.74, 6) is -2.38. The Morgan fingerprint density at radius 3 is 0.800 bits per heavy atom. The Labute approximate surface area is 665 Å². The molecule has 0 aromatic carbocycles. The summed E-state index contributed by atoms with van der Waals surface area (Å²) in [4.78, 5) is 73.1. The van der Waals surface area contributed by atoms with Crippen LogP contribution in [0.2, 0.25) is 0 Å². The number of carbonyl (C=O) groups is 4. The van der Waals surface area contributed by atoms with Crippen LogP contribution in [0, 0.1) is 0 Å². The summed E-state index contributed by atoms with van der Waals surface area (Å²) in [6, 6.07) is 0. The average Bonchev–Trinajstić information content (AvgIpc) is 0.899. The highest BCUT2D eigenvalue weighted by molar-refractivity contribution is 7.47. The second kappa shape index (κ2) is 80.7. The van der Waals surface area contributed by atoms with Crippen LogP contribution in [0.25, 0.3) is 0 Å². The van der Waals surface area contributed by atoms with Crippen molar-refractivity contribution >= 4 is 39.5 Å². The Morgan fingerprint density at radius 1 is 0.264 bits per heavy atom. The Hall–Kier alpha value is -6.36. The zero-order valence-electron chi connectivity index (χ0n) is 67.8. The fraction of sp³-hybridized carbons (Fsp3) is 0.582. The lowest BCUT2D eigenvalue weighted by Crippen LogP contribution is -2.30. The van der Waals surface area contributed by atoms with E-state index in [0.29, 0.717) is 38.5 Å². The van der Waals surface area contributed by atoms with Crippen LogP contribution >= 0.6 is 15.6 Å². The molecule has 0 radical (unpaired) electrons. The van der Waals surface area contributed by atoms with Crippen LogP contribution in [0.4, 0.5) is 0 Å². The first-order valence-corrected chi connectivity index (χ1v) is 44.3. The molecule has 0 fully saturated rings. The van der Waals surface area contributed by atoms with E-state index in [0.717, 1.165) is 173 Å². The van der Waals surface area contributed by atoms with Crippen LogP contribution in [0.3, 0.4) is 0 Å². The molecule has 0 amide bonds. The zero-order valence-corrected chi connectivity index (χ0v) is 69.6. The summed E-state index contributed by atoms with van der Waals surface area (Å²) >= 11 is 0. The van der Waals surface area contributed by atoms with Crippen LogP contribution in [-0.4, -0.2) is 96.7 Å². The van der Waals surface area contributed by atoms with Crippen molar-refractivity contribution in [3.05, 3.63) is 207 Å². The monoisotopic (exact) mass is 1570 g/mol. The number of allylic oxidation sites excluding steroid dienone is 34. The lowest BCUT2D eigenvalue weighted by atomic mass is 10.1. The molecule has 17 nitrogen and oxygen atoms in total. The van der Waals surface area contributed by atoms with Gasteiger partial charge < -0.3 is 33.8 Å². The number of phosphoric acid groups is 2. The van der Waals surface area contributed by atoms with E-state index in [-0.39, 0.29) is 25.7 Å².